The Kier molecular flexibility index (Phi) is 3.37. The summed E-state index contributed by atoms with van der Waals surface area (Å²) >= 11 is 0. The van der Waals surface area contributed by atoms with Gasteiger partial charge in [-0.15, -0.1) is 0 Å². The summed E-state index contributed by atoms with van der Waals surface area (Å²) in [6, 6.07) is 8.62. The number of nitrogens with one attached hydrogen (secondary N) is 1. The monoisotopic (exact) mass is 323 g/mol. The van der Waals surface area contributed by atoms with Crippen molar-refractivity contribution in [3.05, 3.63) is 47.9 Å². The Morgan fingerprint density at radius 2 is 2.08 bits per heavy atom. The van der Waals surface area contributed by atoms with Gasteiger partial charge in [0.05, 0.1) is 17.4 Å². The van der Waals surface area contributed by atoms with Gasteiger partial charge in [-0.2, -0.15) is 0 Å². The first-order valence-corrected chi connectivity index (χ1v) is 8.07. The number of aryl methyl sites for hydroxylation is 2. The third kappa shape index (κ3) is 2.37. The van der Waals surface area contributed by atoms with E-state index < -0.39 is 0 Å². The summed E-state index contributed by atoms with van der Waals surface area (Å²) in [6.07, 6.45) is 3.64. The third-order valence-electron chi connectivity index (χ3n) is 4.67. The lowest BCUT2D eigenvalue weighted by molar-refractivity contribution is -0.117. The number of anilines is 1. The summed E-state index contributed by atoms with van der Waals surface area (Å²) in [5.74, 6) is 0.466. The van der Waals surface area contributed by atoms with Gasteiger partial charge in [0, 0.05) is 23.9 Å². The summed E-state index contributed by atoms with van der Waals surface area (Å²) in [5.41, 5.74) is 3.28. The Morgan fingerprint density at radius 3 is 2.79 bits per heavy atom. The van der Waals surface area contributed by atoms with Crippen molar-refractivity contribution in [3.8, 4) is 11.3 Å². The van der Waals surface area contributed by atoms with E-state index in [1.807, 2.05) is 30.7 Å². The van der Waals surface area contributed by atoms with Crippen molar-refractivity contribution < 1.29 is 9.18 Å². The van der Waals surface area contributed by atoms with Gasteiger partial charge in [-0.25, -0.2) is 9.37 Å². The van der Waals surface area contributed by atoms with Crippen LogP contribution < -0.4 is 5.32 Å². The molecule has 0 bridgehead atoms. The molecule has 0 saturated heterocycles. The number of halogens is 1. The maximum absolute atomic E-state index is 14.2. The highest BCUT2D eigenvalue weighted by atomic mass is 19.1. The number of amides is 1. The van der Waals surface area contributed by atoms with Crippen LogP contribution in [0.15, 0.2) is 36.5 Å². The van der Waals surface area contributed by atoms with Crippen LogP contribution in [0.25, 0.3) is 22.2 Å². The van der Waals surface area contributed by atoms with Crippen LogP contribution >= 0.6 is 0 Å². The van der Waals surface area contributed by atoms with Crippen LogP contribution in [0.2, 0.25) is 0 Å². The molecule has 0 radical (unpaired) electrons. The van der Waals surface area contributed by atoms with Crippen LogP contribution in [0.5, 0.6) is 0 Å². The Bertz CT molecular complexity index is 957. The fourth-order valence-electron chi connectivity index (χ4n) is 3.19. The molecule has 1 saturated carbocycles. The minimum Gasteiger partial charge on any atom is -0.342 e. The molecule has 1 aromatic carbocycles. The molecule has 1 aliphatic rings. The molecule has 4 nitrogen and oxygen atoms in total. The standard InChI is InChI=1S/C19H18FN3O/c1-11-14-9-17(22-19(24)12-7-8-12)21-10-16(14)23(2)18(11)13-5-3-4-6-15(13)20/h3-6,9-10,12H,7-8H2,1-2H3,(H,21,22,24). The SMILES string of the molecule is Cc1c(-c2ccccc2F)n(C)c2cnc(NC(=O)C3CC3)cc12. The number of carbonyl (C=O) groups excluding carboxylic acids is 1. The summed E-state index contributed by atoms with van der Waals surface area (Å²) < 4.78 is 16.2. The van der Waals surface area contributed by atoms with Crippen LogP contribution in [-0.4, -0.2) is 15.5 Å². The molecule has 0 aliphatic heterocycles. The third-order valence-corrected chi connectivity index (χ3v) is 4.67. The molecule has 3 aromatic rings. The Balaban J connectivity index is 1.82. The second-order valence-electron chi connectivity index (χ2n) is 6.36. The average Bonchev–Trinajstić information content (AvgIpc) is 3.38. The number of hydrogen-bond donors (Lipinski definition) is 1. The summed E-state index contributed by atoms with van der Waals surface area (Å²) in [7, 11) is 1.90. The van der Waals surface area contributed by atoms with Crippen LogP contribution in [0.4, 0.5) is 10.2 Å². The minimum atomic E-state index is -0.248. The highest BCUT2D eigenvalue weighted by Gasteiger charge is 2.30. The van der Waals surface area contributed by atoms with Crippen molar-refractivity contribution in [2.45, 2.75) is 19.8 Å². The molecule has 5 heteroatoms. The zero-order valence-corrected chi connectivity index (χ0v) is 13.6. The van der Waals surface area contributed by atoms with E-state index in [9.17, 15) is 9.18 Å². The van der Waals surface area contributed by atoms with Gasteiger partial charge in [0.1, 0.15) is 11.6 Å². The molecule has 0 atom stereocenters. The molecule has 122 valence electrons. The van der Waals surface area contributed by atoms with Gasteiger partial charge in [-0.3, -0.25) is 4.79 Å². The van der Waals surface area contributed by atoms with Crippen molar-refractivity contribution in [1.82, 2.24) is 9.55 Å². The molecule has 24 heavy (non-hydrogen) atoms. The highest BCUT2D eigenvalue weighted by Crippen LogP contribution is 2.35. The molecule has 4 rings (SSSR count). The van der Waals surface area contributed by atoms with Crippen molar-refractivity contribution in [3.63, 3.8) is 0 Å². The van der Waals surface area contributed by atoms with E-state index in [-0.39, 0.29) is 17.6 Å². The second-order valence-corrected chi connectivity index (χ2v) is 6.36. The molecule has 0 unspecified atom stereocenters. The van der Waals surface area contributed by atoms with E-state index >= 15 is 0 Å². The Labute approximate surface area is 139 Å². The van der Waals surface area contributed by atoms with E-state index in [1.165, 1.54) is 6.07 Å². The number of pyridine rings is 1. The fourth-order valence-corrected chi connectivity index (χ4v) is 3.19. The van der Waals surface area contributed by atoms with Gasteiger partial charge in [-0.1, -0.05) is 12.1 Å². The predicted octanol–water partition coefficient (Wildman–Crippen LogP) is 4.04. The van der Waals surface area contributed by atoms with E-state index in [0.29, 0.717) is 11.4 Å². The van der Waals surface area contributed by atoms with Crippen LogP contribution in [0, 0.1) is 18.7 Å². The maximum atomic E-state index is 14.2. The first kappa shape index (κ1) is 14.9. The topological polar surface area (TPSA) is 46.9 Å². The normalized spacial score (nSPS) is 14.1. The van der Waals surface area contributed by atoms with Gasteiger partial charge in [0.2, 0.25) is 5.91 Å². The Hall–Kier alpha value is -2.69. The number of benzene rings is 1. The average molecular weight is 323 g/mol. The lowest BCUT2D eigenvalue weighted by atomic mass is 10.1. The van der Waals surface area contributed by atoms with Gasteiger partial charge >= 0.3 is 0 Å². The highest BCUT2D eigenvalue weighted by molar-refractivity contribution is 5.97. The molecular formula is C19H18FN3O. The first-order chi connectivity index (χ1) is 11.6. The van der Waals surface area contributed by atoms with Gasteiger partial charge < -0.3 is 9.88 Å². The first-order valence-electron chi connectivity index (χ1n) is 8.07. The number of hydrogen-bond acceptors (Lipinski definition) is 2. The molecule has 1 N–H and O–H groups in total. The molecule has 1 amide bonds. The molecular weight excluding hydrogens is 305 g/mol. The number of nitrogens with zero attached hydrogens (tertiary/aromatic N) is 2. The lowest BCUT2D eigenvalue weighted by Gasteiger charge is -2.07. The quantitative estimate of drug-likeness (QED) is 0.791. The van der Waals surface area contributed by atoms with Crippen LogP contribution in [0.1, 0.15) is 18.4 Å². The number of rotatable bonds is 3. The zero-order valence-electron chi connectivity index (χ0n) is 13.6. The number of aromatic nitrogens is 2. The van der Waals surface area contributed by atoms with Gasteiger partial charge in [0.15, 0.2) is 0 Å². The van der Waals surface area contributed by atoms with E-state index in [2.05, 4.69) is 10.3 Å². The van der Waals surface area contributed by atoms with Crippen molar-refractivity contribution in [1.29, 1.82) is 0 Å². The van der Waals surface area contributed by atoms with Gasteiger partial charge in [-0.05, 0) is 43.5 Å². The van der Waals surface area contributed by atoms with Crippen molar-refractivity contribution >= 4 is 22.6 Å². The fraction of sp³-hybridized carbons (Fsp3) is 0.263. The van der Waals surface area contributed by atoms with E-state index in [4.69, 9.17) is 0 Å². The zero-order chi connectivity index (χ0) is 16.8. The predicted molar refractivity (Wildman–Crippen MR) is 92.2 cm³/mol. The lowest BCUT2D eigenvalue weighted by Crippen LogP contribution is -2.14. The molecule has 1 aliphatic carbocycles. The van der Waals surface area contributed by atoms with E-state index in [0.717, 1.165) is 35.0 Å². The van der Waals surface area contributed by atoms with Crippen LogP contribution in [-0.2, 0) is 11.8 Å². The van der Waals surface area contributed by atoms with E-state index in [1.54, 1.807) is 18.3 Å². The minimum absolute atomic E-state index is 0.0322. The molecule has 0 spiro atoms. The second kappa shape index (κ2) is 5.44. The molecule has 1 fully saturated rings. The smallest absolute Gasteiger partial charge is 0.228 e. The van der Waals surface area contributed by atoms with Crippen molar-refractivity contribution in [2.24, 2.45) is 13.0 Å². The van der Waals surface area contributed by atoms with Gasteiger partial charge in [0.25, 0.3) is 0 Å². The number of carbonyl (C=O) groups is 1. The van der Waals surface area contributed by atoms with Crippen molar-refractivity contribution in [2.75, 3.05) is 5.32 Å². The largest absolute Gasteiger partial charge is 0.342 e. The molecule has 2 aromatic heterocycles. The summed E-state index contributed by atoms with van der Waals surface area (Å²) in [5, 5.41) is 3.84. The number of fused-ring (bicyclic) bond motifs is 1. The van der Waals surface area contributed by atoms with Crippen LogP contribution in [0.3, 0.4) is 0 Å². The Morgan fingerprint density at radius 1 is 1.33 bits per heavy atom. The summed E-state index contributed by atoms with van der Waals surface area (Å²) in [6.45, 7) is 1.97. The maximum Gasteiger partial charge on any atom is 0.228 e. The molecule has 2 heterocycles. The summed E-state index contributed by atoms with van der Waals surface area (Å²) in [4.78, 5) is 16.3.